The molecule has 0 aliphatic heterocycles. The molecule has 1 aromatic rings. The molecule has 1 aliphatic carbocycles. The summed E-state index contributed by atoms with van der Waals surface area (Å²) >= 11 is 0. The number of hydrogen-bond acceptors (Lipinski definition) is 3. The predicted molar refractivity (Wildman–Crippen MR) is 60.6 cm³/mol. The van der Waals surface area contributed by atoms with E-state index in [1.54, 1.807) is 12.1 Å². The average molecular weight is 220 g/mol. The van der Waals surface area contributed by atoms with Crippen LogP contribution in [0.1, 0.15) is 30.1 Å². The quantitative estimate of drug-likeness (QED) is 0.734. The monoisotopic (exact) mass is 220 g/mol. The highest BCUT2D eigenvalue weighted by Gasteiger charge is 2.27. The van der Waals surface area contributed by atoms with Crippen molar-refractivity contribution in [2.75, 3.05) is 7.11 Å². The lowest BCUT2D eigenvalue weighted by atomic mass is 9.84. The highest BCUT2D eigenvalue weighted by Crippen LogP contribution is 2.30. The van der Waals surface area contributed by atoms with Gasteiger partial charge in [-0.1, -0.05) is 13.0 Å². The molecular weight excluding hydrogens is 204 g/mol. The smallest absolute Gasteiger partial charge is 0.337 e. The zero-order valence-electron chi connectivity index (χ0n) is 9.60. The van der Waals surface area contributed by atoms with Crippen molar-refractivity contribution in [3.8, 4) is 5.75 Å². The zero-order valence-corrected chi connectivity index (χ0v) is 9.60. The molecule has 1 saturated carbocycles. The molecule has 16 heavy (non-hydrogen) atoms. The maximum absolute atomic E-state index is 11.3. The summed E-state index contributed by atoms with van der Waals surface area (Å²) < 4.78 is 10.4. The van der Waals surface area contributed by atoms with E-state index in [0.29, 0.717) is 11.7 Å². The number of esters is 1. The van der Waals surface area contributed by atoms with Gasteiger partial charge in [0.25, 0.3) is 0 Å². The van der Waals surface area contributed by atoms with Gasteiger partial charge in [0.05, 0.1) is 18.8 Å². The summed E-state index contributed by atoms with van der Waals surface area (Å²) in [4.78, 5) is 11.3. The van der Waals surface area contributed by atoms with Gasteiger partial charge in [-0.2, -0.15) is 0 Å². The van der Waals surface area contributed by atoms with E-state index in [-0.39, 0.29) is 5.97 Å². The maximum atomic E-state index is 11.3. The molecule has 0 N–H and O–H groups in total. The molecule has 0 spiro atoms. The van der Waals surface area contributed by atoms with Gasteiger partial charge in [-0.25, -0.2) is 4.79 Å². The lowest BCUT2D eigenvalue weighted by molar-refractivity contribution is 0.0594. The molecule has 3 heteroatoms. The van der Waals surface area contributed by atoms with E-state index in [2.05, 4.69) is 11.7 Å². The van der Waals surface area contributed by atoms with Crippen LogP contribution in [0.3, 0.4) is 0 Å². The molecule has 0 amide bonds. The van der Waals surface area contributed by atoms with E-state index in [0.717, 1.165) is 24.5 Å². The summed E-state index contributed by atoms with van der Waals surface area (Å²) in [5.74, 6) is 1.18. The molecule has 0 radical (unpaired) electrons. The zero-order chi connectivity index (χ0) is 11.5. The fraction of sp³-hybridized carbons (Fsp3) is 0.462. The molecule has 1 aliphatic rings. The first kappa shape index (κ1) is 11.0. The van der Waals surface area contributed by atoms with Crippen molar-refractivity contribution in [1.29, 1.82) is 0 Å². The minimum atomic E-state index is -0.326. The molecule has 1 fully saturated rings. The Bertz CT molecular complexity index is 381. The topological polar surface area (TPSA) is 35.5 Å². The van der Waals surface area contributed by atoms with Gasteiger partial charge in [0.1, 0.15) is 5.75 Å². The molecule has 0 aromatic heterocycles. The van der Waals surface area contributed by atoms with Gasteiger partial charge in [-0.3, -0.25) is 0 Å². The summed E-state index contributed by atoms with van der Waals surface area (Å²) in [5, 5.41) is 0. The summed E-state index contributed by atoms with van der Waals surface area (Å²) in [6.07, 6.45) is 2.51. The van der Waals surface area contributed by atoms with E-state index in [4.69, 9.17) is 4.74 Å². The van der Waals surface area contributed by atoms with Crippen LogP contribution in [-0.4, -0.2) is 19.2 Å². The van der Waals surface area contributed by atoms with Crippen LogP contribution >= 0.6 is 0 Å². The molecule has 3 nitrogen and oxygen atoms in total. The normalized spacial score (nSPS) is 23.4. The van der Waals surface area contributed by atoms with Gasteiger partial charge < -0.3 is 9.47 Å². The van der Waals surface area contributed by atoms with E-state index in [1.165, 1.54) is 7.11 Å². The average Bonchev–Trinajstić information content (AvgIpc) is 2.26. The number of rotatable bonds is 3. The fourth-order valence-corrected chi connectivity index (χ4v) is 1.93. The SMILES string of the molecule is COC(=O)c1cccc(O[C@H]2C[C@H](C)C2)c1. The Morgan fingerprint density at radius 3 is 2.75 bits per heavy atom. The van der Waals surface area contributed by atoms with Crippen LogP contribution in [0.4, 0.5) is 0 Å². The lowest BCUT2D eigenvalue weighted by Crippen LogP contribution is -2.31. The van der Waals surface area contributed by atoms with Gasteiger partial charge in [-0.15, -0.1) is 0 Å². The van der Waals surface area contributed by atoms with Crippen molar-refractivity contribution in [1.82, 2.24) is 0 Å². The van der Waals surface area contributed by atoms with Gasteiger partial charge in [0.2, 0.25) is 0 Å². The predicted octanol–water partition coefficient (Wildman–Crippen LogP) is 2.65. The van der Waals surface area contributed by atoms with Crippen LogP contribution in [0.2, 0.25) is 0 Å². The maximum Gasteiger partial charge on any atom is 0.337 e. The Hall–Kier alpha value is -1.51. The Labute approximate surface area is 95.4 Å². The summed E-state index contributed by atoms with van der Waals surface area (Å²) in [6.45, 7) is 2.21. The van der Waals surface area contributed by atoms with Crippen LogP contribution in [0.5, 0.6) is 5.75 Å². The minimum absolute atomic E-state index is 0.308. The van der Waals surface area contributed by atoms with Crippen molar-refractivity contribution in [2.24, 2.45) is 5.92 Å². The van der Waals surface area contributed by atoms with Gasteiger partial charge >= 0.3 is 5.97 Å². The van der Waals surface area contributed by atoms with Gasteiger partial charge in [-0.05, 0) is 37.0 Å². The van der Waals surface area contributed by atoms with E-state index < -0.39 is 0 Å². The van der Waals surface area contributed by atoms with E-state index >= 15 is 0 Å². The second-order valence-corrected chi connectivity index (χ2v) is 4.34. The summed E-state index contributed by atoms with van der Waals surface area (Å²) in [7, 11) is 1.38. The molecule has 0 atom stereocenters. The minimum Gasteiger partial charge on any atom is -0.490 e. The number of carbonyl (C=O) groups is 1. The summed E-state index contributed by atoms with van der Waals surface area (Å²) in [6, 6.07) is 7.13. The molecule has 0 heterocycles. The second-order valence-electron chi connectivity index (χ2n) is 4.34. The summed E-state index contributed by atoms with van der Waals surface area (Å²) in [5.41, 5.74) is 0.535. The molecule has 86 valence electrons. The van der Waals surface area contributed by atoms with Crippen molar-refractivity contribution < 1.29 is 14.3 Å². The standard InChI is InChI=1S/C13H16O3/c1-9-6-12(7-9)16-11-5-3-4-10(8-11)13(14)15-2/h3-5,8-9,12H,6-7H2,1-2H3/t9-,12-. The molecule has 0 saturated heterocycles. The molecule has 2 rings (SSSR count). The first-order chi connectivity index (χ1) is 7.69. The molecule has 0 unspecified atom stereocenters. The van der Waals surface area contributed by atoms with Crippen LogP contribution < -0.4 is 4.74 Å². The van der Waals surface area contributed by atoms with Gasteiger partial charge in [0, 0.05) is 0 Å². The third-order valence-corrected chi connectivity index (χ3v) is 2.89. The number of carbonyl (C=O) groups excluding carboxylic acids is 1. The van der Waals surface area contributed by atoms with Gasteiger partial charge in [0.15, 0.2) is 0 Å². The fourth-order valence-electron chi connectivity index (χ4n) is 1.93. The van der Waals surface area contributed by atoms with Crippen molar-refractivity contribution in [3.63, 3.8) is 0 Å². The molecule has 0 bridgehead atoms. The first-order valence-corrected chi connectivity index (χ1v) is 5.54. The number of ether oxygens (including phenoxy) is 2. The highest BCUT2D eigenvalue weighted by atomic mass is 16.5. The third kappa shape index (κ3) is 2.35. The molecular formula is C13H16O3. The first-order valence-electron chi connectivity index (χ1n) is 5.54. The number of methoxy groups -OCH3 is 1. The molecule has 1 aromatic carbocycles. The highest BCUT2D eigenvalue weighted by molar-refractivity contribution is 5.89. The second kappa shape index (κ2) is 4.56. The van der Waals surface area contributed by atoms with E-state index in [1.807, 2.05) is 12.1 Å². The number of benzene rings is 1. The van der Waals surface area contributed by atoms with Crippen LogP contribution in [0, 0.1) is 5.92 Å². The Morgan fingerprint density at radius 2 is 2.12 bits per heavy atom. The van der Waals surface area contributed by atoms with Crippen LogP contribution in [-0.2, 0) is 4.74 Å². The van der Waals surface area contributed by atoms with Crippen molar-refractivity contribution >= 4 is 5.97 Å². The third-order valence-electron chi connectivity index (χ3n) is 2.89. The van der Waals surface area contributed by atoms with Crippen molar-refractivity contribution in [2.45, 2.75) is 25.9 Å². The largest absolute Gasteiger partial charge is 0.490 e. The Kier molecular flexibility index (Phi) is 3.13. The van der Waals surface area contributed by atoms with Crippen molar-refractivity contribution in [3.05, 3.63) is 29.8 Å². The van der Waals surface area contributed by atoms with Crippen LogP contribution in [0.25, 0.3) is 0 Å². The lowest BCUT2D eigenvalue weighted by Gasteiger charge is -2.32. The Morgan fingerprint density at radius 1 is 1.38 bits per heavy atom. The number of hydrogen-bond donors (Lipinski definition) is 0. The van der Waals surface area contributed by atoms with E-state index in [9.17, 15) is 4.79 Å². The Balaban J connectivity index is 2.02. The van der Waals surface area contributed by atoms with Crippen LogP contribution in [0.15, 0.2) is 24.3 Å².